The highest BCUT2D eigenvalue weighted by Crippen LogP contribution is 2.15. The minimum absolute atomic E-state index is 0.485. The van der Waals surface area contributed by atoms with Gasteiger partial charge in [0.15, 0.2) is 0 Å². The van der Waals surface area contributed by atoms with E-state index in [4.69, 9.17) is 11.0 Å². The van der Waals surface area contributed by atoms with Crippen molar-refractivity contribution >= 4 is 21.6 Å². The molecule has 0 fully saturated rings. The number of benzene rings is 1. The van der Waals surface area contributed by atoms with Crippen LogP contribution in [0.3, 0.4) is 0 Å². The summed E-state index contributed by atoms with van der Waals surface area (Å²) < 4.78 is 0.953. The zero-order chi connectivity index (χ0) is 8.97. The molecule has 0 amide bonds. The van der Waals surface area contributed by atoms with Gasteiger partial charge in [-0.3, -0.25) is 0 Å². The molecule has 2 N–H and O–H groups in total. The Bertz CT molecular complexity index is 350. The third-order valence-electron chi connectivity index (χ3n) is 1.38. The molecule has 3 heteroatoms. The van der Waals surface area contributed by atoms with Crippen LogP contribution in [0.15, 0.2) is 34.8 Å². The van der Waals surface area contributed by atoms with Crippen LogP contribution < -0.4 is 5.73 Å². The largest absolute Gasteiger partial charge is 0.398 e. The summed E-state index contributed by atoms with van der Waals surface area (Å²) in [5, 5.41) is 8.35. The number of nitrogens with two attached hydrogens (primary N) is 1. The van der Waals surface area contributed by atoms with Crippen LogP contribution >= 0.6 is 15.9 Å². The highest BCUT2D eigenvalue weighted by Gasteiger charge is 1.95. The maximum absolute atomic E-state index is 8.35. The summed E-state index contributed by atoms with van der Waals surface area (Å²) in [6, 6.07) is 9.38. The minimum atomic E-state index is 0.485. The van der Waals surface area contributed by atoms with Gasteiger partial charge in [-0.2, -0.15) is 5.26 Å². The molecule has 1 aromatic rings. The molecule has 0 aromatic heterocycles. The summed E-state index contributed by atoms with van der Waals surface area (Å²) in [4.78, 5) is 0. The molecule has 0 heterocycles. The van der Waals surface area contributed by atoms with Gasteiger partial charge < -0.3 is 5.73 Å². The first-order chi connectivity index (χ1) is 5.74. The van der Waals surface area contributed by atoms with Gasteiger partial charge in [0.2, 0.25) is 0 Å². The molecule has 0 aliphatic carbocycles. The number of nitriles is 1. The molecule has 0 atom stereocenters. The smallest absolute Gasteiger partial charge is 0.0933 e. The van der Waals surface area contributed by atoms with Gasteiger partial charge in [0.25, 0.3) is 0 Å². The van der Waals surface area contributed by atoms with E-state index < -0.39 is 0 Å². The van der Waals surface area contributed by atoms with Gasteiger partial charge in [0.05, 0.1) is 6.07 Å². The number of rotatable bonds is 1. The lowest BCUT2D eigenvalue weighted by atomic mass is 10.1. The molecule has 0 bridgehead atoms. The molecular weight excluding hydrogens is 216 g/mol. The summed E-state index contributed by atoms with van der Waals surface area (Å²) >= 11 is 3.32. The Morgan fingerprint density at radius 3 is 2.92 bits per heavy atom. The number of hydrogen-bond donors (Lipinski definition) is 1. The molecule has 2 nitrogen and oxygen atoms in total. The van der Waals surface area contributed by atoms with Crippen LogP contribution in [-0.2, 0) is 0 Å². The Hall–Kier alpha value is -1.27. The monoisotopic (exact) mass is 222 g/mol. The molecule has 0 radical (unpaired) electrons. The second-order valence-corrected chi connectivity index (χ2v) is 3.15. The van der Waals surface area contributed by atoms with Crippen molar-refractivity contribution in [3.8, 4) is 6.07 Å². The number of hydrogen-bond acceptors (Lipinski definition) is 2. The Morgan fingerprint density at radius 2 is 2.33 bits per heavy atom. The van der Waals surface area contributed by atoms with E-state index in [1.165, 1.54) is 6.08 Å². The van der Waals surface area contributed by atoms with Gasteiger partial charge >= 0.3 is 0 Å². The Balaban J connectivity index is 3.05. The van der Waals surface area contributed by atoms with E-state index in [0.29, 0.717) is 5.70 Å². The van der Waals surface area contributed by atoms with Gasteiger partial charge in [0.1, 0.15) is 0 Å². The zero-order valence-electron chi connectivity index (χ0n) is 6.29. The number of allylic oxidation sites excluding steroid dienone is 1. The van der Waals surface area contributed by atoms with Crippen LogP contribution in [0.5, 0.6) is 0 Å². The van der Waals surface area contributed by atoms with E-state index in [1.807, 2.05) is 30.3 Å². The molecule has 1 aromatic carbocycles. The van der Waals surface area contributed by atoms with Crippen molar-refractivity contribution in [3.63, 3.8) is 0 Å². The summed E-state index contributed by atoms with van der Waals surface area (Å²) in [6.45, 7) is 0. The van der Waals surface area contributed by atoms with Crippen LogP contribution in [0.1, 0.15) is 5.56 Å². The van der Waals surface area contributed by atoms with Gasteiger partial charge in [0, 0.05) is 16.2 Å². The van der Waals surface area contributed by atoms with Gasteiger partial charge in [-0.05, 0) is 17.7 Å². The quantitative estimate of drug-likeness (QED) is 0.742. The van der Waals surface area contributed by atoms with Crippen molar-refractivity contribution in [3.05, 3.63) is 40.4 Å². The standard InChI is InChI=1S/C9H7BrN2/c10-8-3-1-2-7(6-8)9(12)4-5-11/h1-4,6H,12H2. The van der Waals surface area contributed by atoms with Crippen molar-refractivity contribution in [2.75, 3.05) is 0 Å². The Labute approximate surface area is 79.4 Å². The maximum Gasteiger partial charge on any atom is 0.0933 e. The van der Waals surface area contributed by atoms with E-state index in [9.17, 15) is 0 Å². The molecule has 0 saturated heterocycles. The summed E-state index contributed by atoms with van der Waals surface area (Å²) in [5.74, 6) is 0. The van der Waals surface area contributed by atoms with E-state index >= 15 is 0 Å². The molecule has 0 spiro atoms. The fourth-order valence-corrected chi connectivity index (χ4v) is 1.22. The van der Waals surface area contributed by atoms with Crippen molar-refractivity contribution < 1.29 is 0 Å². The summed E-state index contributed by atoms with van der Waals surface area (Å²) in [6.07, 6.45) is 1.32. The number of halogens is 1. The predicted molar refractivity (Wildman–Crippen MR) is 51.9 cm³/mol. The lowest BCUT2D eigenvalue weighted by Crippen LogP contribution is -1.94. The van der Waals surface area contributed by atoms with Crippen LogP contribution in [0, 0.1) is 11.3 Å². The van der Waals surface area contributed by atoms with Crippen LogP contribution in [0.2, 0.25) is 0 Å². The molecule has 0 unspecified atom stereocenters. The first-order valence-corrected chi connectivity index (χ1v) is 4.14. The zero-order valence-corrected chi connectivity index (χ0v) is 7.88. The molecule has 0 saturated carbocycles. The Kier molecular flexibility index (Phi) is 2.89. The van der Waals surface area contributed by atoms with Crippen LogP contribution in [0.4, 0.5) is 0 Å². The fourth-order valence-electron chi connectivity index (χ4n) is 0.821. The van der Waals surface area contributed by atoms with Crippen molar-refractivity contribution in [2.45, 2.75) is 0 Å². The Morgan fingerprint density at radius 1 is 1.58 bits per heavy atom. The predicted octanol–water partition coefficient (Wildman–Crippen LogP) is 2.27. The molecule has 0 aliphatic heterocycles. The molecule has 1 rings (SSSR count). The van der Waals surface area contributed by atoms with Crippen molar-refractivity contribution in [1.29, 1.82) is 5.26 Å². The average molecular weight is 223 g/mol. The lowest BCUT2D eigenvalue weighted by Gasteiger charge is -1.99. The van der Waals surface area contributed by atoms with Gasteiger partial charge in [-0.1, -0.05) is 28.1 Å². The highest BCUT2D eigenvalue weighted by atomic mass is 79.9. The van der Waals surface area contributed by atoms with Gasteiger partial charge in [-0.25, -0.2) is 0 Å². The van der Waals surface area contributed by atoms with E-state index in [0.717, 1.165) is 10.0 Å². The third-order valence-corrected chi connectivity index (χ3v) is 1.87. The van der Waals surface area contributed by atoms with E-state index in [1.54, 1.807) is 0 Å². The average Bonchev–Trinajstić information content (AvgIpc) is 2.05. The van der Waals surface area contributed by atoms with E-state index in [2.05, 4.69) is 15.9 Å². The van der Waals surface area contributed by atoms with Crippen molar-refractivity contribution in [2.24, 2.45) is 5.73 Å². The second kappa shape index (κ2) is 3.93. The first-order valence-electron chi connectivity index (χ1n) is 3.35. The topological polar surface area (TPSA) is 49.8 Å². The van der Waals surface area contributed by atoms with Crippen LogP contribution in [-0.4, -0.2) is 0 Å². The molecule has 0 aliphatic rings. The second-order valence-electron chi connectivity index (χ2n) is 2.24. The summed E-state index contributed by atoms with van der Waals surface area (Å²) in [5.41, 5.74) is 6.93. The van der Waals surface area contributed by atoms with Crippen LogP contribution in [0.25, 0.3) is 5.70 Å². The maximum atomic E-state index is 8.35. The first kappa shape index (κ1) is 8.82. The molecular formula is C9H7BrN2. The van der Waals surface area contributed by atoms with Crippen molar-refractivity contribution in [1.82, 2.24) is 0 Å². The SMILES string of the molecule is N#CC=C(N)c1cccc(Br)c1. The fraction of sp³-hybridized carbons (Fsp3) is 0. The third kappa shape index (κ3) is 2.11. The highest BCUT2D eigenvalue weighted by molar-refractivity contribution is 9.10. The summed E-state index contributed by atoms with van der Waals surface area (Å²) in [7, 11) is 0. The molecule has 12 heavy (non-hydrogen) atoms. The van der Waals surface area contributed by atoms with Gasteiger partial charge in [-0.15, -0.1) is 0 Å². The van der Waals surface area contributed by atoms with E-state index in [-0.39, 0.29) is 0 Å². The number of nitrogens with zero attached hydrogens (tertiary/aromatic N) is 1. The normalized spacial score (nSPS) is 10.8. The molecule has 60 valence electrons. The lowest BCUT2D eigenvalue weighted by molar-refractivity contribution is 1.48. The minimum Gasteiger partial charge on any atom is -0.398 e.